The Bertz CT molecular complexity index is 22.8. The molecule has 0 saturated heterocycles. The van der Waals surface area contributed by atoms with E-state index in [1.807, 2.05) is 16.0 Å². The number of hydrogen-bond acceptors (Lipinski definition) is 2. The predicted molar refractivity (Wildman–Crippen MR) is 40.4 cm³/mol. The molecule has 0 aliphatic heterocycles. The quantitative estimate of drug-likeness (QED) is 0.564. The zero-order valence-corrected chi connectivity index (χ0v) is 6.67. The summed E-state index contributed by atoms with van der Waals surface area (Å²) in [6, 6.07) is 0. The van der Waals surface area contributed by atoms with Gasteiger partial charge in [-0.3, -0.25) is 0 Å². The molecule has 0 radical (unpaired) electrons. The summed E-state index contributed by atoms with van der Waals surface area (Å²) in [7, 11) is 3.80. The van der Waals surface area contributed by atoms with Crippen molar-refractivity contribution in [1.29, 1.82) is 0 Å². The van der Waals surface area contributed by atoms with E-state index in [4.69, 9.17) is 0 Å². The summed E-state index contributed by atoms with van der Waals surface area (Å²) in [5.41, 5.74) is 0. The Morgan fingerprint density at radius 3 is 2.67 bits per heavy atom. The van der Waals surface area contributed by atoms with Gasteiger partial charge in [-0.05, 0) is 28.3 Å². The molecule has 0 spiro atoms. The van der Waals surface area contributed by atoms with E-state index < -0.39 is 0 Å². The molecule has 1 nitrogen and oxygen atoms in total. The van der Waals surface area contributed by atoms with Crippen LogP contribution >= 0.6 is 30.1 Å². The first-order chi connectivity index (χ1) is 2.91. The third-order valence-electron chi connectivity index (χ3n) is 0.429. The van der Waals surface area contributed by atoms with Crippen molar-refractivity contribution in [3.05, 3.63) is 0 Å². The minimum absolute atomic E-state index is 1.12. The Balaban J connectivity index is 2.34. The van der Waals surface area contributed by atoms with E-state index in [0.29, 0.717) is 0 Å². The maximum atomic E-state index is 3.04. The maximum absolute atomic E-state index is 3.04. The van der Waals surface area contributed by atoms with Crippen LogP contribution in [0.15, 0.2) is 0 Å². The average Bonchev–Trinajstić information content (AvgIpc) is 1.61. The Morgan fingerprint density at radius 2 is 2.50 bits per heavy atom. The zero-order valence-electron chi connectivity index (χ0n) is 3.70. The Morgan fingerprint density at radius 1 is 1.83 bits per heavy atom. The fourth-order valence-electron chi connectivity index (χ4n) is 0.141. The van der Waals surface area contributed by atoms with E-state index in [2.05, 4.69) is 26.5 Å². The van der Waals surface area contributed by atoms with Crippen LogP contribution in [0, 0.1) is 0 Å². The summed E-state index contributed by atoms with van der Waals surface area (Å²) >= 11 is 2.29. The van der Waals surface area contributed by atoms with Crippen molar-refractivity contribution in [1.82, 2.24) is 5.32 Å². The van der Waals surface area contributed by atoms with Gasteiger partial charge in [-0.2, -0.15) is 0 Å². The summed E-state index contributed by atoms with van der Waals surface area (Å²) in [6.07, 6.45) is 0. The third-order valence-corrected chi connectivity index (χ3v) is 2.11. The molecule has 0 aromatic heterocycles. The van der Waals surface area contributed by atoms with Crippen molar-refractivity contribution in [2.24, 2.45) is 0 Å². The van der Waals surface area contributed by atoms with Crippen LogP contribution in [0.5, 0.6) is 0 Å². The van der Waals surface area contributed by atoms with Crippen molar-refractivity contribution in [3.8, 4) is 0 Å². The van der Waals surface area contributed by atoms with E-state index >= 15 is 0 Å². The lowest BCUT2D eigenvalue weighted by Gasteiger charge is -1.88. The number of hydrogen-bond donors (Lipinski definition) is 1. The first-order valence-electron chi connectivity index (χ1n) is 1.80. The normalized spacial score (nSPS) is 9.00. The Hall–Kier alpha value is 1.04. The first kappa shape index (κ1) is 7.04. The van der Waals surface area contributed by atoms with E-state index in [0.717, 1.165) is 6.54 Å². The molecule has 0 atom stereocenters. The van der Waals surface area contributed by atoms with Gasteiger partial charge in [-0.25, -0.2) is 0 Å². The van der Waals surface area contributed by atoms with E-state index in [1.165, 1.54) is 5.75 Å². The lowest BCUT2D eigenvalue weighted by molar-refractivity contribution is 0.874. The number of halogens is 1. The molecule has 38 valence electrons. The second-order valence-corrected chi connectivity index (χ2v) is 3.41. The second-order valence-electron chi connectivity index (χ2n) is 0.917. The first-order valence-corrected chi connectivity index (χ1v) is 5.32. The van der Waals surface area contributed by atoms with Crippen LogP contribution < -0.4 is 5.32 Å². The highest BCUT2D eigenvalue weighted by Gasteiger charge is 1.75. The molecule has 0 heterocycles. The van der Waals surface area contributed by atoms with Crippen molar-refractivity contribution < 1.29 is 0 Å². The monoisotopic (exact) mass is 217 g/mol. The molecule has 0 bridgehead atoms. The van der Waals surface area contributed by atoms with E-state index in [9.17, 15) is 0 Å². The topological polar surface area (TPSA) is 12.0 Å². The molecule has 0 aromatic carbocycles. The fourth-order valence-corrected chi connectivity index (χ4v) is 1.08. The lowest BCUT2D eigenvalue weighted by atomic mass is 10.8. The van der Waals surface area contributed by atoms with Crippen molar-refractivity contribution in [3.63, 3.8) is 0 Å². The molecule has 0 aromatic rings. The van der Waals surface area contributed by atoms with Gasteiger partial charge in [0.1, 0.15) is 0 Å². The second kappa shape index (κ2) is 6.04. The van der Waals surface area contributed by atoms with Crippen LogP contribution in [-0.4, -0.2) is 19.3 Å². The van der Waals surface area contributed by atoms with Gasteiger partial charge in [-0.1, -0.05) is 8.93 Å². The summed E-state index contributed by atoms with van der Waals surface area (Å²) in [4.78, 5) is 0. The van der Waals surface area contributed by atoms with Crippen molar-refractivity contribution in [2.75, 3.05) is 19.3 Å². The Kier molecular flexibility index (Phi) is 7.09. The predicted octanol–water partition coefficient (Wildman–Crippen LogP) is 1.29. The molecule has 0 amide bonds. The summed E-state index contributed by atoms with van der Waals surface area (Å²) in [6.45, 7) is 1.12. The van der Waals surface area contributed by atoms with E-state index in [1.54, 1.807) is 0 Å². The molecule has 0 rings (SSSR count). The summed E-state index contributed by atoms with van der Waals surface area (Å²) in [5, 5.41) is 3.04. The van der Waals surface area contributed by atoms with Crippen LogP contribution in [0.3, 0.4) is 0 Å². The lowest BCUT2D eigenvalue weighted by Crippen LogP contribution is -2.08. The SMILES string of the molecule is CNCCSI. The van der Waals surface area contributed by atoms with Gasteiger partial charge in [0, 0.05) is 12.3 Å². The highest BCUT2D eigenvalue weighted by atomic mass is 127. The van der Waals surface area contributed by atoms with Gasteiger partial charge in [0.15, 0.2) is 0 Å². The third kappa shape index (κ3) is 5.04. The highest BCUT2D eigenvalue weighted by Crippen LogP contribution is 2.07. The van der Waals surface area contributed by atoms with Gasteiger partial charge in [0.05, 0.1) is 0 Å². The van der Waals surface area contributed by atoms with Gasteiger partial charge >= 0.3 is 0 Å². The summed E-state index contributed by atoms with van der Waals surface area (Å²) in [5.74, 6) is 1.21. The molecule has 6 heavy (non-hydrogen) atoms. The molecule has 0 aliphatic rings. The molecule has 0 unspecified atom stereocenters. The van der Waals surface area contributed by atoms with Crippen molar-refractivity contribution >= 4 is 30.1 Å². The molecule has 0 aliphatic carbocycles. The maximum Gasteiger partial charge on any atom is 0.0159 e. The molecular formula is C3H8INS. The van der Waals surface area contributed by atoms with Crippen LogP contribution in [0.4, 0.5) is 0 Å². The zero-order chi connectivity index (χ0) is 4.83. The van der Waals surface area contributed by atoms with Crippen LogP contribution in [0.1, 0.15) is 0 Å². The fraction of sp³-hybridized carbons (Fsp3) is 1.00. The van der Waals surface area contributed by atoms with Crippen LogP contribution in [0.2, 0.25) is 0 Å². The number of nitrogens with one attached hydrogen (secondary N) is 1. The van der Waals surface area contributed by atoms with Crippen LogP contribution in [0.25, 0.3) is 0 Å². The highest BCUT2D eigenvalue weighted by molar-refractivity contribution is 14.2. The standard InChI is InChI=1S/C3H8INS/c1-5-2-3-6-4/h5H,2-3H2,1H3. The number of rotatable bonds is 3. The largest absolute Gasteiger partial charge is 0.319 e. The van der Waals surface area contributed by atoms with E-state index in [-0.39, 0.29) is 0 Å². The average molecular weight is 217 g/mol. The molecular weight excluding hydrogens is 209 g/mol. The minimum atomic E-state index is 1.12. The molecule has 3 heteroatoms. The smallest absolute Gasteiger partial charge is 0.0159 e. The molecule has 0 fully saturated rings. The van der Waals surface area contributed by atoms with Gasteiger partial charge in [-0.15, -0.1) is 0 Å². The Labute approximate surface area is 54.9 Å². The summed E-state index contributed by atoms with van der Waals surface area (Å²) < 4.78 is 0. The minimum Gasteiger partial charge on any atom is -0.319 e. The van der Waals surface area contributed by atoms with Crippen molar-refractivity contribution in [2.45, 2.75) is 0 Å². The van der Waals surface area contributed by atoms with Gasteiger partial charge < -0.3 is 5.32 Å². The van der Waals surface area contributed by atoms with Gasteiger partial charge in [0.25, 0.3) is 0 Å². The van der Waals surface area contributed by atoms with Crippen LogP contribution in [-0.2, 0) is 0 Å². The molecule has 0 saturated carbocycles. The molecule has 1 N–H and O–H groups in total. The van der Waals surface area contributed by atoms with Gasteiger partial charge in [0.2, 0.25) is 0 Å².